The number of para-hydroxylation sites is 1. The van der Waals surface area contributed by atoms with Crippen molar-refractivity contribution in [3.63, 3.8) is 0 Å². The Bertz CT molecular complexity index is 656. The SMILES string of the molecule is C=CC=CC(C)=O.Oc1ccc(Cl)c(Cl)c1Cl.Oc1ccccc1. The molecule has 128 valence electrons. The lowest BCUT2D eigenvalue weighted by Gasteiger charge is -1.99. The maximum absolute atomic E-state index is 10.1. The van der Waals surface area contributed by atoms with Crippen molar-refractivity contribution in [3.05, 3.63) is 82.3 Å². The molecule has 0 heterocycles. The van der Waals surface area contributed by atoms with E-state index in [9.17, 15) is 4.79 Å². The van der Waals surface area contributed by atoms with Gasteiger partial charge in [-0.3, -0.25) is 4.79 Å². The van der Waals surface area contributed by atoms with Crippen molar-refractivity contribution < 1.29 is 15.0 Å². The van der Waals surface area contributed by atoms with Crippen molar-refractivity contribution in [1.82, 2.24) is 0 Å². The summed E-state index contributed by atoms with van der Waals surface area (Å²) in [5, 5.41) is 18.2. The predicted molar refractivity (Wildman–Crippen MR) is 101 cm³/mol. The Hall–Kier alpha value is -1.94. The second-order valence-corrected chi connectivity index (χ2v) is 5.40. The Morgan fingerprint density at radius 2 is 1.58 bits per heavy atom. The number of aromatic hydroxyl groups is 2. The molecule has 2 N–H and O–H groups in total. The van der Waals surface area contributed by atoms with Gasteiger partial charge in [0.2, 0.25) is 0 Å². The first kappa shape index (κ1) is 22.1. The number of phenols is 2. The summed E-state index contributed by atoms with van der Waals surface area (Å²) in [4.78, 5) is 10.1. The minimum atomic E-state index is -0.0592. The number of halogens is 3. The van der Waals surface area contributed by atoms with E-state index in [1.807, 2.05) is 6.07 Å². The summed E-state index contributed by atoms with van der Waals surface area (Å²) in [6.45, 7) is 4.89. The first-order valence-corrected chi connectivity index (χ1v) is 7.79. The lowest BCUT2D eigenvalue weighted by atomic mass is 10.3. The minimum absolute atomic E-state index is 0.0555. The lowest BCUT2D eigenvalue weighted by Crippen LogP contribution is -1.76. The smallest absolute Gasteiger partial charge is 0.152 e. The number of rotatable bonds is 2. The molecule has 0 aliphatic carbocycles. The standard InChI is InChI=1S/C6H3Cl3O.C6H6O.C6H8O/c7-3-1-2-4(10)6(9)5(3)8;7-6-4-2-1-3-5-6;1-3-4-5-6(2)7/h1-2,10H;1-5,7H;3-5H,1H2,2H3. The summed E-state index contributed by atoms with van der Waals surface area (Å²) in [6, 6.07) is 11.6. The van der Waals surface area contributed by atoms with Gasteiger partial charge in [0.05, 0.1) is 10.0 Å². The Morgan fingerprint density at radius 3 is 1.92 bits per heavy atom. The van der Waals surface area contributed by atoms with Crippen LogP contribution in [0.1, 0.15) is 6.92 Å². The van der Waals surface area contributed by atoms with Crippen LogP contribution in [0.3, 0.4) is 0 Å². The third-order valence-electron chi connectivity index (χ3n) is 2.24. The van der Waals surface area contributed by atoms with Gasteiger partial charge < -0.3 is 10.2 Å². The summed E-state index contributed by atoms with van der Waals surface area (Å²) < 4.78 is 0. The zero-order chi connectivity index (χ0) is 18.5. The highest BCUT2D eigenvalue weighted by molar-refractivity contribution is 6.48. The predicted octanol–water partition coefficient (Wildman–Crippen LogP) is 6.06. The van der Waals surface area contributed by atoms with E-state index in [1.54, 1.807) is 36.4 Å². The fourth-order valence-electron chi connectivity index (χ4n) is 1.15. The quantitative estimate of drug-likeness (QED) is 0.374. The molecule has 6 heteroatoms. The monoisotopic (exact) mass is 386 g/mol. The molecule has 3 nitrogen and oxygen atoms in total. The molecule has 2 rings (SSSR count). The number of carbonyl (C=O) groups is 1. The van der Waals surface area contributed by atoms with Gasteiger partial charge in [0.25, 0.3) is 0 Å². The van der Waals surface area contributed by atoms with E-state index in [2.05, 4.69) is 6.58 Å². The average Bonchev–Trinajstić information content (AvgIpc) is 2.56. The normalized spacial score (nSPS) is 9.33. The van der Waals surface area contributed by atoms with E-state index in [-0.39, 0.29) is 21.6 Å². The third kappa shape index (κ3) is 9.95. The molecule has 0 saturated heterocycles. The summed E-state index contributed by atoms with van der Waals surface area (Å²) >= 11 is 16.6. The second kappa shape index (κ2) is 12.5. The zero-order valence-corrected chi connectivity index (χ0v) is 15.2. The van der Waals surface area contributed by atoms with Gasteiger partial charge >= 0.3 is 0 Å². The van der Waals surface area contributed by atoms with Crippen LogP contribution in [-0.4, -0.2) is 16.0 Å². The number of ketones is 1. The molecule has 0 spiro atoms. The Labute approximate surface area is 156 Å². The first-order valence-electron chi connectivity index (χ1n) is 6.65. The Morgan fingerprint density at radius 1 is 1.00 bits per heavy atom. The molecule has 2 aromatic rings. The largest absolute Gasteiger partial charge is 0.508 e. The van der Waals surface area contributed by atoms with Crippen LogP contribution >= 0.6 is 34.8 Å². The molecule has 0 aliphatic heterocycles. The molecule has 0 amide bonds. The topological polar surface area (TPSA) is 57.5 Å². The summed E-state index contributed by atoms with van der Waals surface area (Å²) in [5.41, 5.74) is 0. The average molecular weight is 388 g/mol. The molecule has 2 aromatic carbocycles. The fourth-order valence-corrected chi connectivity index (χ4v) is 1.68. The Kier molecular flexibility index (Phi) is 11.5. The van der Waals surface area contributed by atoms with Crippen LogP contribution in [0.2, 0.25) is 15.1 Å². The summed E-state index contributed by atoms with van der Waals surface area (Å²) in [6.07, 6.45) is 4.65. The minimum Gasteiger partial charge on any atom is -0.508 e. The van der Waals surface area contributed by atoms with Crippen molar-refractivity contribution in [2.45, 2.75) is 6.92 Å². The highest BCUT2D eigenvalue weighted by atomic mass is 35.5. The maximum atomic E-state index is 10.1. The van der Waals surface area contributed by atoms with Crippen molar-refractivity contribution >= 4 is 40.6 Å². The van der Waals surface area contributed by atoms with Gasteiger partial charge in [0, 0.05) is 0 Å². The van der Waals surface area contributed by atoms with Gasteiger partial charge in [-0.1, -0.05) is 71.7 Å². The van der Waals surface area contributed by atoms with Gasteiger partial charge in [0.15, 0.2) is 5.78 Å². The molecule has 0 radical (unpaired) electrons. The number of phenolic OH excluding ortho intramolecular Hbond substituents is 2. The van der Waals surface area contributed by atoms with Crippen molar-refractivity contribution in [3.8, 4) is 11.5 Å². The molecule has 0 fully saturated rings. The number of carbonyl (C=O) groups excluding carboxylic acids is 1. The first-order chi connectivity index (χ1) is 11.3. The number of allylic oxidation sites excluding steroid dienone is 3. The van der Waals surface area contributed by atoms with Gasteiger partial charge in [-0.15, -0.1) is 0 Å². The molecule has 0 bridgehead atoms. The molecule has 0 unspecified atom stereocenters. The van der Waals surface area contributed by atoms with E-state index < -0.39 is 0 Å². The van der Waals surface area contributed by atoms with Gasteiger partial charge in [-0.05, 0) is 37.3 Å². The van der Waals surface area contributed by atoms with Crippen molar-refractivity contribution in [1.29, 1.82) is 0 Å². The molecule has 0 saturated carbocycles. The van der Waals surface area contributed by atoms with E-state index in [0.29, 0.717) is 10.8 Å². The van der Waals surface area contributed by atoms with Crippen LogP contribution < -0.4 is 0 Å². The van der Waals surface area contributed by atoms with Crippen molar-refractivity contribution in [2.75, 3.05) is 0 Å². The van der Waals surface area contributed by atoms with Crippen LogP contribution in [0.15, 0.2) is 67.3 Å². The van der Waals surface area contributed by atoms with Crippen LogP contribution in [0, 0.1) is 0 Å². The maximum Gasteiger partial charge on any atom is 0.152 e. The second-order valence-electron chi connectivity index (χ2n) is 4.24. The molecule has 0 aliphatic rings. The Balaban J connectivity index is 0.000000340. The van der Waals surface area contributed by atoms with E-state index in [1.165, 1.54) is 25.1 Å². The number of hydrogen-bond donors (Lipinski definition) is 2. The third-order valence-corrected chi connectivity index (χ3v) is 3.52. The van der Waals surface area contributed by atoms with E-state index >= 15 is 0 Å². The summed E-state index contributed by atoms with van der Waals surface area (Å²) in [7, 11) is 0. The molecular weight excluding hydrogens is 371 g/mol. The fraction of sp³-hybridized carbons (Fsp3) is 0.0556. The number of hydrogen-bond acceptors (Lipinski definition) is 3. The van der Waals surface area contributed by atoms with Crippen LogP contribution in [0.5, 0.6) is 11.5 Å². The van der Waals surface area contributed by atoms with E-state index in [4.69, 9.17) is 45.0 Å². The molecule has 0 atom stereocenters. The van der Waals surface area contributed by atoms with Crippen LogP contribution in [-0.2, 0) is 4.79 Å². The molecular formula is C18H17Cl3O3. The van der Waals surface area contributed by atoms with Crippen LogP contribution in [0.4, 0.5) is 0 Å². The van der Waals surface area contributed by atoms with E-state index in [0.717, 1.165) is 0 Å². The van der Waals surface area contributed by atoms with Crippen molar-refractivity contribution in [2.24, 2.45) is 0 Å². The van der Waals surface area contributed by atoms with Gasteiger partial charge in [-0.25, -0.2) is 0 Å². The molecule has 0 aromatic heterocycles. The zero-order valence-electron chi connectivity index (χ0n) is 12.9. The highest BCUT2D eigenvalue weighted by Gasteiger charge is 2.06. The summed E-state index contributed by atoms with van der Waals surface area (Å²) in [5.74, 6) is 0.318. The number of benzene rings is 2. The van der Waals surface area contributed by atoms with Crippen LogP contribution in [0.25, 0.3) is 0 Å². The molecule has 24 heavy (non-hydrogen) atoms. The van der Waals surface area contributed by atoms with Gasteiger partial charge in [0.1, 0.15) is 16.5 Å². The lowest BCUT2D eigenvalue weighted by molar-refractivity contribution is -0.112. The highest BCUT2D eigenvalue weighted by Crippen LogP contribution is 2.35. The van der Waals surface area contributed by atoms with Gasteiger partial charge in [-0.2, -0.15) is 0 Å².